The normalized spacial score (nSPS) is 12.1. The minimum atomic E-state index is -1.52. The molecule has 0 radical (unpaired) electrons. The lowest BCUT2D eigenvalue weighted by Gasteiger charge is -2.25. The van der Waals surface area contributed by atoms with E-state index in [0.29, 0.717) is 0 Å². The Hall–Kier alpha value is -0.123. The highest BCUT2D eigenvalue weighted by molar-refractivity contribution is 6.49. The van der Waals surface area contributed by atoms with E-state index in [1.807, 2.05) is 6.08 Å². The van der Waals surface area contributed by atoms with Gasteiger partial charge in [0, 0.05) is 19.3 Å². The van der Waals surface area contributed by atoms with E-state index in [-0.39, 0.29) is 5.04 Å². The summed E-state index contributed by atoms with van der Waals surface area (Å²) in [5, 5.41) is 0.0174. The molecule has 0 aliphatic rings. The van der Waals surface area contributed by atoms with Gasteiger partial charge in [-0.1, -0.05) is 19.9 Å². The average molecular weight is 160 g/mol. The molecule has 0 fully saturated rings. The van der Waals surface area contributed by atoms with Gasteiger partial charge in [0.05, 0.1) is 0 Å². The molecule has 0 aliphatic heterocycles. The van der Waals surface area contributed by atoms with Gasteiger partial charge in [-0.2, -0.15) is 0 Å². The molecule has 60 valence electrons. The van der Waals surface area contributed by atoms with E-state index >= 15 is 0 Å². The van der Waals surface area contributed by atoms with Crippen LogP contribution in [0.15, 0.2) is 12.7 Å². The summed E-state index contributed by atoms with van der Waals surface area (Å²) in [4.78, 5) is 0. The van der Waals surface area contributed by atoms with Crippen molar-refractivity contribution in [3.05, 3.63) is 12.7 Å². The van der Waals surface area contributed by atoms with Gasteiger partial charge in [-0.05, 0) is 0 Å². The van der Waals surface area contributed by atoms with E-state index in [2.05, 4.69) is 20.4 Å². The van der Waals surface area contributed by atoms with Crippen LogP contribution in [0.25, 0.3) is 0 Å². The summed E-state index contributed by atoms with van der Waals surface area (Å²) in [5.41, 5.74) is 0. The molecule has 0 saturated carbocycles. The van der Waals surface area contributed by atoms with Gasteiger partial charge in [0.1, 0.15) is 0 Å². The molecule has 0 aromatic carbocycles. The standard InChI is InChI=1S/C7H16O2Si/c1-6-7(2,3)10(8-4)9-5/h6,10H,1H2,2-5H3. The van der Waals surface area contributed by atoms with Crippen molar-refractivity contribution in [2.24, 2.45) is 0 Å². The summed E-state index contributed by atoms with van der Waals surface area (Å²) >= 11 is 0. The summed E-state index contributed by atoms with van der Waals surface area (Å²) in [7, 11) is 1.85. The molecule has 10 heavy (non-hydrogen) atoms. The number of allylic oxidation sites excluding steroid dienone is 1. The molecule has 2 nitrogen and oxygen atoms in total. The fourth-order valence-corrected chi connectivity index (χ4v) is 2.40. The van der Waals surface area contributed by atoms with Crippen LogP contribution in [0, 0.1) is 0 Å². The summed E-state index contributed by atoms with van der Waals surface area (Å²) in [6.45, 7) is 7.87. The highest BCUT2D eigenvalue weighted by atomic mass is 28.3. The van der Waals surface area contributed by atoms with Gasteiger partial charge in [0.15, 0.2) is 0 Å². The molecule has 3 heteroatoms. The molecule has 0 rings (SSSR count). The second-order valence-corrected chi connectivity index (χ2v) is 5.92. The van der Waals surface area contributed by atoms with Crippen molar-refractivity contribution in [3.8, 4) is 0 Å². The van der Waals surface area contributed by atoms with Gasteiger partial charge in [-0.25, -0.2) is 0 Å². The van der Waals surface area contributed by atoms with Crippen LogP contribution >= 0.6 is 0 Å². The Bertz CT molecular complexity index is 108. The zero-order valence-corrected chi connectivity index (χ0v) is 8.33. The maximum absolute atomic E-state index is 5.20. The SMILES string of the molecule is C=CC(C)(C)[SiH](OC)OC. The first-order valence-electron chi connectivity index (χ1n) is 3.27. The van der Waals surface area contributed by atoms with Crippen LogP contribution in [0.5, 0.6) is 0 Å². The van der Waals surface area contributed by atoms with Gasteiger partial charge in [0.25, 0.3) is 0 Å². The molecule has 0 atom stereocenters. The lowest BCUT2D eigenvalue weighted by atomic mass is 10.2. The van der Waals surface area contributed by atoms with Crippen molar-refractivity contribution in [2.45, 2.75) is 18.9 Å². The Morgan fingerprint density at radius 3 is 1.80 bits per heavy atom. The summed E-state index contributed by atoms with van der Waals surface area (Å²) < 4.78 is 10.4. The third-order valence-electron chi connectivity index (χ3n) is 1.56. The van der Waals surface area contributed by atoms with E-state index in [9.17, 15) is 0 Å². The zero-order valence-electron chi connectivity index (χ0n) is 7.18. The monoisotopic (exact) mass is 160 g/mol. The van der Waals surface area contributed by atoms with Gasteiger partial charge in [-0.3, -0.25) is 0 Å². The largest absolute Gasteiger partial charge is 0.399 e. The van der Waals surface area contributed by atoms with Crippen molar-refractivity contribution >= 4 is 9.28 Å². The molecule has 0 aromatic heterocycles. The van der Waals surface area contributed by atoms with Crippen molar-refractivity contribution in [1.82, 2.24) is 0 Å². The minimum Gasteiger partial charge on any atom is -0.399 e. The van der Waals surface area contributed by atoms with Crippen LogP contribution in [0.4, 0.5) is 0 Å². The van der Waals surface area contributed by atoms with Gasteiger partial charge in [0.2, 0.25) is 0 Å². The Labute approximate surface area is 64.7 Å². The highest BCUT2D eigenvalue weighted by Gasteiger charge is 2.29. The van der Waals surface area contributed by atoms with Crippen LogP contribution in [0.2, 0.25) is 5.04 Å². The fraction of sp³-hybridized carbons (Fsp3) is 0.714. The number of rotatable bonds is 4. The predicted octanol–water partition coefficient (Wildman–Crippen LogP) is 1.47. The van der Waals surface area contributed by atoms with Gasteiger partial charge >= 0.3 is 9.28 Å². The topological polar surface area (TPSA) is 18.5 Å². The van der Waals surface area contributed by atoms with Crippen LogP contribution in [0.1, 0.15) is 13.8 Å². The Kier molecular flexibility index (Phi) is 3.86. The second-order valence-electron chi connectivity index (χ2n) is 2.83. The fourth-order valence-electron chi connectivity index (χ4n) is 0.800. The molecular formula is C7H16O2Si. The average Bonchev–Trinajstić information content (AvgIpc) is 1.90. The number of hydrogen-bond acceptors (Lipinski definition) is 2. The summed E-state index contributed by atoms with van der Waals surface area (Å²) in [5.74, 6) is 0. The lowest BCUT2D eigenvalue weighted by molar-refractivity contribution is 0.258. The van der Waals surface area contributed by atoms with Gasteiger partial charge in [-0.15, -0.1) is 6.58 Å². The molecule has 0 saturated heterocycles. The third-order valence-corrected chi connectivity index (χ3v) is 3.87. The van der Waals surface area contributed by atoms with E-state index in [0.717, 1.165) is 0 Å². The van der Waals surface area contributed by atoms with E-state index in [1.54, 1.807) is 14.2 Å². The van der Waals surface area contributed by atoms with E-state index in [1.165, 1.54) is 0 Å². The van der Waals surface area contributed by atoms with E-state index in [4.69, 9.17) is 8.85 Å². The third kappa shape index (κ3) is 2.25. The molecule has 0 aliphatic carbocycles. The molecule has 0 heterocycles. The zero-order chi connectivity index (χ0) is 8.20. The molecule has 0 aromatic rings. The predicted molar refractivity (Wildman–Crippen MR) is 45.4 cm³/mol. The van der Waals surface area contributed by atoms with Crippen LogP contribution < -0.4 is 0 Å². The maximum atomic E-state index is 5.20. The molecule has 0 unspecified atom stereocenters. The first-order valence-corrected chi connectivity index (χ1v) is 4.79. The van der Waals surface area contributed by atoms with Crippen LogP contribution in [-0.4, -0.2) is 23.5 Å². The second kappa shape index (κ2) is 3.90. The molecule has 0 N–H and O–H groups in total. The molecule has 0 spiro atoms. The first kappa shape index (κ1) is 9.88. The van der Waals surface area contributed by atoms with E-state index < -0.39 is 9.28 Å². The quantitative estimate of drug-likeness (QED) is 0.458. The lowest BCUT2D eigenvalue weighted by Crippen LogP contribution is -2.31. The maximum Gasteiger partial charge on any atom is 0.330 e. The summed E-state index contributed by atoms with van der Waals surface area (Å²) in [6, 6.07) is 0. The first-order chi connectivity index (χ1) is 4.58. The molecular weight excluding hydrogens is 144 g/mol. The van der Waals surface area contributed by atoms with Gasteiger partial charge < -0.3 is 8.85 Å². The number of hydrogen-bond donors (Lipinski definition) is 0. The Morgan fingerprint density at radius 1 is 1.30 bits per heavy atom. The molecule has 0 amide bonds. The van der Waals surface area contributed by atoms with Crippen LogP contribution in [-0.2, 0) is 8.85 Å². The van der Waals surface area contributed by atoms with Crippen molar-refractivity contribution in [3.63, 3.8) is 0 Å². The highest BCUT2D eigenvalue weighted by Crippen LogP contribution is 2.29. The molecule has 0 bridgehead atoms. The minimum absolute atomic E-state index is 0.0174. The van der Waals surface area contributed by atoms with Crippen molar-refractivity contribution < 1.29 is 8.85 Å². The van der Waals surface area contributed by atoms with Crippen LogP contribution in [0.3, 0.4) is 0 Å². The Balaban J connectivity index is 4.10. The summed E-state index contributed by atoms with van der Waals surface area (Å²) in [6.07, 6.45) is 1.89. The van der Waals surface area contributed by atoms with Crippen molar-refractivity contribution in [2.75, 3.05) is 14.2 Å². The Morgan fingerprint density at radius 2 is 1.70 bits per heavy atom. The van der Waals surface area contributed by atoms with Crippen molar-refractivity contribution in [1.29, 1.82) is 0 Å². The smallest absolute Gasteiger partial charge is 0.330 e.